The van der Waals surface area contributed by atoms with Crippen molar-refractivity contribution in [1.82, 2.24) is 10.2 Å². The Labute approximate surface area is 122 Å². The van der Waals surface area contributed by atoms with Crippen molar-refractivity contribution in [3.63, 3.8) is 0 Å². The third-order valence-electron chi connectivity index (χ3n) is 4.44. The van der Waals surface area contributed by atoms with Crippen LogP contribution in [0.5, 0.6) is 0 Å². The molecule has 1 heterocycles. The molecule has 2 N–H and O–H groups in total. The van der Waals surface area contributed by atoms with Gasteiger partial charge in [-0.15, -0.1) is 0 Å². The summed E-state index contributed by atoms with van der Waals surface area (Å²) in [5, 5.41) is 11.8. The first-order chi connectivity index (χ1) is 9.78. The van der Waals surface area contributed by atoms with Crippen LogP contribution in [-0.2, 0) is 9.59 Å². The molecule has 7 heteroatoms. The number of alkyl halides is 2. The quantitative estimate of drug-likeness (QED) is 0.816. The summed E-state index contributed by atoms with van der Waals surface area (Å²) < 4.78 is 27.9. The van der Waals surface area contributed by atoms with Crippen molar-refractivity contribution >= 4 is 11.8 Å². The molecule has 1 aliphatic carbocycles. The molecule has 0 unspecified atom stereocenters. The van der Waals surface area contributed by atoms with E-state index in [1.54, 1.807) is 4.90 Å². The van der Waals surface area contributed by atoms with Gasteiger partial charge in [0.15, 0.2) is 0 Å². The fraction of sp³-hybridized carbons (Fsp3) is 0.857. The SMILES string of the molecule is C[C@H](NC(=O)C(F)(F)C1(O)CCC1)C(=O)N1CCCCC1. The lowest BCUT2D eigenvalue weighted by molar-refractivity contribution is -0.216. The van der Waals surface area contributed by atoms with Gasteiger partial charge in [-0.1, -0.05) is 0 Å². The molecule has 2 fully saturated rings. The molecule has 0 aromatic carbocycles. The van der Waals surface area contributed by atoms with E-state index in [1.807, 2.05) is 0 Å². The molecule has 1 saturated heterocycles. The molecule has 0 bridgehead atoms. The number of likely N-dealkylation sites (tertiary alicyclic amines) is 1. The van der Waals surface area contributed by atoms with Gasteiger partial charge in [-0.25, -0.2) is 0 Å². The van der Waals surface area contributed by atoms with Gasteiger partial charge in [0.1, 0.15) is 11.6 Å². The Kier molecular flexibility index (Phi) is 4.51. The van der Waals surface area contributed by atoms with E-state index in [0.717, 1.165) is 19.3 Å². The zero-order valence-electron chi connectivity index (χ0n) is 12.2. The predicted octanol–water partition coefficient (Wildman–Crippen LogP) is 1.05. The highest BCUT2D eigenvalue weighted by molar-refractivity contribution is 5.91. The van der Waals surface area contributed by atoms with E-state index in [-0.39, 0.29) is 18.7 Å². The van der Waals surface area contributed by atoms with Gasteiger partial charge in [0.25, 0.3) is 5.91 Å². The van der Waals surface area contributed by atoms with Crippen LogP contribution in [0, 0.1) is 0 Å². The third-order valence-corrected chi connectivity index (χ3v) is 4.44. The lowest BCUT2D eigenvalue weighted by Gasteiger charge is -2.41. The van der Waals surface area contributed by atoms with Crippen molar-refractivity contribution in [2.45, 2.75) is 63.0 Å². The molecule has 1 atom stereocenters. The molecule has 2 aliphatic rings. The Morgan fingerprint density at radius 3 is 2.24 bits per heavy atom. The lowest BCUT2D eigenvalue weighted by Crippen LogP contribution is -2.62. The average Bonchev–Trinajstić information content (AvgIpc) is 2.44. The van der Waals surface area contributed by atoms with Gasteiger partial charge in [0, 0.05) is 13.1 Å². The second kappa shape index (κ2) is 5.87. The molecule has 1 saturated carbocycles. The summed E-state index contributed by atoms with van der Waals surface area (Å²) in [7, 11) is 0. The smallest absolute Gasteiger partial charge is 0.352 e. The molecule has 2 rings (SSSR count). The first-order valence-corrected chi connectivity index (χ1v) is 7.48. The molecule has 5 nitrogen and oxygen atoms in total. The maximum Gasteiger partial charge on any atom is 0.352 e. The first-order valence-electron chi connectivity index (χ1n) is 7.48. The van der Waals surface area contributed by atoms with E-state index in [9.17, 15) is 23.5 Å². The zero-order valence-corrected chi connectivity index (χ0v) is 12.2. The minimum atomic E-state index is -3.86. The summed E-state index contributed by atoms with van der Waals surface area (Å²) in [5.41, 5.74) is -2.26. The molecule has 0 aromatic rings. The second-order valence-corrected chi connectivity index (χ2v) is 6.04. The first kappa shape index (κ1) is 16.1. The lowest BCUT2D eigenvalue weighted by atomic mass is 9.75. The van der Waals surface area contributed by atoms with Gasteiger partial charge >= 0.3 is 5.92 Å². The number of halogens is 2. The van der Waals surface area contributed by atoms with Crippen LogP contribution < -0.4 is 5.32 Å². The molecule has 21 heavy (non-hydrogen) atoms. The number of nitrogens with zero attached hydrogens (tertiary/aromatic N) is 1. The van der Waals surface area contributed by atoms with Crippen molar-refractivity contribution in [2.24, 2.45) is 0 Å². The standard InChI is InChI=1S/C14H22F2N2O3/c1-10(11(19)18-8-3-2-4-9-18)17-12(20)14(15,16)13(21)6-5-7-13/h10,21H,2-9H2,1H3,(H,17,20)/t10-/m0/s1. The van der Waals surface area contributed by atoms with Crippen molar-refractivity contribution in [1.29, 1.82) is 0 Å². The number of amides is 2. The number of carbonyl (C=O) groups is 2. The number of hydrogen-bond donors (Lipinski definition) is 2. The fourth-order valence-corrected chi connectivity index (χ4v) is 2.77. The van der Waals surface area contributed by atoms with Gasteiger partial charge in [0.05, 0.1) is 0 Å². The number of piperidine rings is 1. The van der Waals surface area contributed by atoms with Gasteiger partial charge in [0.2, 0.25) is 5.91 Å². The van der Waals surface area contributed by atoms with E-state index in [1.165, 1.54) is 6.92 Å². The predicted molar refractivity (Wildman–Crippen MR) is 71.8 cm³/mol. The summed E-state index contributed by atoms with van der Waals surface area (Å²) in [4.78, 5) is 25.4. The summed E-state index contributed by atoms with van der Waals surface area (Å²) in [6.45, 7) is 2.59. The number of hydrogen-bond acceptors (Lipinski definition) is 3. The van der Waals surface area contributed by atoms with Crippen molar-refractivity contribution in [3.8, 4) is 0 Å². The monoisotopic (exact) mass is 304 g/mol. The van der Waals surface area contributed by atoms with Gasteiger partial charge in [-0.3, -0.25) is 9.59 Å². The summed E-state index contributed by atoms with van der Waals surface area (Å²) in [6, 6.07) is -1.01. The minimum Gasteiger partial charge on any atom is -0.383 e. The van der Waals surface area contributed by atoms with Crippen LogP contribution in [0.2, 0.25) is 0 Å². The highest BCUT2D eigenvalue weighted by Crippen LogP contribution is 2.44. The van der Waals surface area contributed by atoms with E-state index in [4.69, 9.17) is 0 Å². The van der Waals surface area contributed by atoms with Crippen LogP contribution in [0.15, 0.2) is 0 Å². The van der Waals surface area contributed by atoms with Crippen LogP contribution in [0.4, 0.5) is 8.78 Å². The molecule has 1 aliphatic heterocycles. The van der Waals surface area contributed by atoms with Crippen LogP contribution in [0.25, 0.3) is 0 Å². The van der Waals surface area contributed by atoms with Crippen molar-refractivity contribution in [3.05, 3.63) is 0 Å². The van der Waals surface area contributed by atoms with Crippen LogP contribution in [-0.4, -0.2) is 52.5 Å². The van der Waals surface area contributed by atoms with E-state index >= 15 is 0 Å². The van der Waals surface area contributed by atoms with Crippen molar-refractivity contribution in [2.75, 3.05) is 13.1 Å². The largest absolute Gasteiger partial charge is 0.383 e. The highest BCUT2D eigenvalue weighted by atomic mass is 19.3. The van der Waals surface area contributed by atoms with Crippen molar-refractivity contribution < 1.29 is 23.5 Å². The molecular weight excluding hydrogens is 282 g/mol. The van der Waals surface area contributed by atoms with Crippen LogP contribution >= 0.6 is 0 Å². The minimum absolute atomic E-state index is 0.0954. The summed E-state index contributed by atoms with van der Waals surface area (Å²) in [6.07, 6.45) is 3.12. The Bertz CT molecular complexity index is 418. The van der Waals surface area contributed by atoms with Crippen LogP contribution in [0.1, 0.15) is 45.4 Å². The highest BCUT2D eigenvalue weighted by Gasteiger charge is 2.61. The molecule has 0 aromatic heterocycles. The average molecular weight is 304 g/mol. The Morgan fingerprint density at radius 2 is 1.76 bits per heavy atom. The topological polar surface area (TPSA) is 69.6 Å². The number of nitrogens with one attached hydrogen (secondary N) is 1. The van der Waals surface area contributed by atoms with Gasteiger partial charge in [-0.05, 0) is 45.4 Å². The zero-order chi connectivity index (χ0) is 15.7. The number of carbonyl (C=O) groups excluding carboxylic acids is 2. The Hall–Kier alpha value is -1.24. The molecule has 120 valence electrons. The molecule has 0 spiro atoms. The Balaban J connectivity index is 1.93. The summed E-state index contributed by atoms with van der Waals surface area (Å²) >= 11 is 0. The van der Waals surface area contributed by atoms with E-state index in [2.05, 4.69) is 5.32 Å². The third kappa shape index (κ3) is 3.02. The van der Waals surface area contributed by atoms with Gasteiger partial charge < -0.3 is 15.3 Å². The number of aliphatic hydroxyl groups is 1. The maximum absolute atomic E-state index is 13.9. The maximum atomic E-state index is 13.9. The Morgan fingerprint density at radius 1 is 1.19 bits per heavy atom. The summed E-state index contributed by atoms with van der Waals surface area (Å²) in [5.74, 6) is -5.77. The second-order valence-electron chi connectivity index (χ2n) is 6.04. The molecule has 2 amide bonds. The van der Waals surface area contributed by atoms with Crippen LogP contribution in [0.3, 0.4) is 0 Å². The normalized spacial score (nSPS) is 23.1. The number of rotatable bonds is 4. The molecule has 0 radical (unpaired) electrons. The van der Waals surface area contributed by atoms with E-state index in [0.29, 0.717) is 19.5 Å². The molecular formula is C14H22F2N2O3. The van der Waals surface area contributed by atoms with E-state index < -0.39 is 23.5 Å². The van der Waals surface area contributed by atoms with Gasteiger partial charge in [-0.2, -0.15) is 8.78 Å². The fourth-order valence-electron chi connectivity index (χ4n) is 2.77.